The molecule has 1 aromatic heterocycles. The molecule has 0 atom stereocenters. The second-order valence-corrected chi connectivity index (χ2v) is 7.43. The minimum atomic E-state index is -0.605. The van der Waals surface area contributed by atoms with Crippen LogP contribution in [0, 0.1) is 6.92 Å². The highest BCUT2D eigenvalue weighted by Crippen LogP contribution is 2.31. The molecular weight excluding hydrogens is 315 g/mol. The van der Waals surface area contributed by atoms with Crippen molar-refractivity contribution >= 4 is 28.9 Å². The lowest BCUT2D eigenvalue weighted by Gasteiger charge is -2.29. The van der Waals surface area contributed by atoms with Gasteiger partial charge in [0.2, 0.25) is 0 Å². The summed E-state index contributed by atoms with van der Waals surface area (Å²) in [5, 5.41) is 0. The lowest BCUT2D eigenvalue weighted by Crippen LogP contribution is -2.29. The maximum atomic E-state index is 5.95. The number of aryl methyl sites for hydroxylation is 1. The Morgan fingerprint density at radius 1 is 1.18 bits per heavy atom. The Morgan fingerprint density at radius 2 is 1.91 bits per heavy atom. The maximum absolute atomic E-state index is 5.95. The van der Waals surface area contributed by atoms with Gasteiger partial charge < -0.3 is 0 Å². The van der Waals surface area contributed by atoms with Gasteiger partial charge in [-0.2, -0.15) is 0 Å². The van der Waals surface area contributed by atoms with Gasteiger partial charge in [-0.1, -0.05) is 47.5 Å². The van der Waals surface area contributed by atoms with Crippen LogP contribution in [-0.4, -0.2) is 16.2 Å². The van der Waals surface area contributed by atoms with Gasteiger partial charge in [-0.15, -0.1) is 0 Å². The fraction of sp³-hybridized carbons (Fsp3) is 0.333. The molecule has 0 saturated heterocycles. The topological polar surface area (TPSA) is 25.2 Å². The standard InChI is InChI=1S/C18H18Cl2N2/c1-11-8-13(10-21-15(11)17(19)20)16-14-7-5-4-6-12(14)9-18(2,3)22-16/h4-8,10,17H,9H2,1-3H3. The summed E-state index contributed by atoms with van der Waals surface area (Å²) in [6.07, 6.45) is 2.76. The van der Waals surface area contributed by atoms with Crippen LogP contribution in [0.3, 0.4) is 0 Å². The largest absolute Gasteiger partial charge is 0.278 e. The molecule has 0 saturated carbocycles. The van der Waals surface area contributed by atoms with Crippen LogP contribution in [0.2, 0.25) is 0 Å². The minimum Gasteiger partial charge on any atom is -0.278 e. The highest BCUT2D eigenvalue weighted by atomic mass is 35.5. The average molecular weight is 333 g/mol. The van der Waals surface area contributed by atoms with Crippen molar-refractivity contribution in [3.63, 3.8) is 0 Å². The lowest BCUT2D eigenvalue weighted by molar-refractivity contribution is 0.513. The van der Waals surface area contributed by atoms with Gasteiger partial charge in [0, 0.05) is 17.3 Å². The molecule has 0 radical (unpaired) electrons. The monoisotopic (exact) mass is 332 g/mol. The van der Waals surface area contributed by atoms with Crippen molar-refractivity contribution in [3.8, 4) is 0 Å². The number of fused-ring (bicyclic) bond motifs is 1. The molecule has 1 aromatic carbocycles. The van der Waals surface area contributed by atoms with Gasteiger partial charge in [0.05, 0.1) is 16.9 Å². The molecule has 2 heterocycles. The number of aliphatic imine (C=N–C) groups is 1. The first kappa shape index (κ1) is 15.5. The first-order valence-electron chi connectivity index (χ1n) is 7.30. The number of halogens is 2. The van der Waals surface area contributed by atoms with E-state index in [1.807, 2.05) is 13.1 Å². The van der Waals surface area contributed by atoms with Gasteiger partial charge in [-0.05, 0) is 44.4 Å². The van der Waals surface area contributed by atoms with Gasteiger partial charge >= 0.3 is 0 Å². The summed E-state index contributed by atoms with van der Waals surface area (Å²) >= 11 is 11.9. The van der Waals surface area contributed by atoms with Crippen molar-refractivity contribution in [3.05, 3.63) is 64.5 Å². The summed E-state index contributed by atoms with van der Waals surface area (Å²) in [5.74, 6) is 0. The number of hydrogen-bond donors (Lipinski definition) is 0. The zero-order chi connectivity index (χ0) is 15.9. The first-order chi connectivity index (χ1) is 10.4. The van der Waals surface area contributed by atoms with Crippen molar-refractivity contribution in [2.24, 2.45) is 4.99 Å². The molecule has 0 unspecified atom stereocenters. The average Bonchev–Trinajstić information content (AvgIpc) is 2.44. The van der Waals surface area contributed by atoms with Gasteiger partial charge in [-0.25, -0.2) is 0 Å². The van der Waals surface area contributed by atoms with Crippen molar-refractivity contribution < 1.29 is 0 Å². The normalized spacial score (nSPS) is 16.4. The Kier molecular flexibility index (Phi) is 4.00. The van der Waals surface area contributed by atoms with Crippen LogP contribution in [-0.2, 0) is 6.42 Å². The van der Waals surface area contributed by atoms with Crippen molar-refractivity contribution in [2.45, 2.75) is 37.6 Å². The SMILES string of the molecule is Cc1cc(C2=NC(C)(C)Cc3ccccc32)cnc1C(Cl)Cl. The molecule has 2 nitrogen and oxygen atoms in total. The molecule has 1 aliphatic heterocycles. The zero-order valence-corrected chi connectivity index (χ0v) is 14.4. The number of hydrogen-bond acceptors (Lipinski definition) is 2. The molecule has 4 heteroatoms. The molecule has 0 bridgehead atoms. The minimum absolute atomic E-state index is 0.113. The van der Waals surface area contributed by atoms with Crippen molar-refractivity contribution in [2.75, 3.05) is 0 Å². The third kappa shape index (κ3) is 2.90. The highest BCUT2D eigenvalue weighted by molar-refractivity contribution is 6.44. The molecule has 0 spiro atoms. The highest BCUT2D eigenvalue weighted by Gasteiger charge is 2.27. The van der Waals surface area contributed by atoms with Crippen LogP contribution in [0.1, 0.15) is 46.6 Å². The van der Waals surface area contributed by atoms with Crippen molar-refractivity contribution in [1.82, 2.24) is 4.98 Å². The maximum Gasteiger partial charge on any atom is 0.149 e. The van der Waals surface area contributed by atoms with E-state index in [2.05, 4.69) is 49.2 Å². The van der Waals surface area contributed by atoms with Gasteiger partial charge in [0.25, 0.3) is 0 Å². The zero-order valence-electron chi connectivity index (χ0n) is 12.9. The number of nitrogens with zero attached hydrogens (tertiary/aromatic N) is 2. The van der Waals surface area contributed by atoms with Crippen LogP contribution < -0.4 is 0 Å². The predicted octanol–water partition coefficient (Wildman–Crippen LogP) is 5.04. The number of benzene rings is 1. The van der Waals surface area contributed by atoms with Gasteiger partial charge in [0.1, 0.15) is 4.84 Å². The van der Waals surface area contributed by atoms with E-state index in [9.17, 15) is 0 Å². The number of alkyl halides is 2. The quantitative estimate of drug-likeness (QED) is 0.707. The van der Waals surface area contributed by atoms with Gasteiger partial charge in [0.15, 0.2) is 0 Å². The second kappa shape index (κ2) is 5.68. The molecule has 0 fully saturated rings. The molecule has 1 aliphatic rings. The fourth-order valence-electron chi connectivity index (χ4n) is 2.94. The van der Waals surface area contributed by atoms with E-state index in [1.165, 1.54) is 11.1 Å². The molecule has 0 aliphatic carbocycles. The number of rotatable bonds is 2. The summed E-state index contributed by atoms with van der Waals surface area (Å²) in [5.41, 5.74) is 6.09. The number of aromatic nitrogens is 1. The van der Waals surface area contributed by atoms with Crippen LogP contribution >= 0.6 is 23.2 Å². The Bertz CT molecular complexity index is 749. The predicted molar refractivity (Wildman–Crippen MR) is 93.3 cm³/mol. The smallest absolute Gasteiger partial charge is 0.149 e. The Morgan fingerprint density at radius 3 is 2.59 bits per heavy atom. The van der Waals surface area contributed by atoms with Crippen LogP contribution in [0.25, 0.3) is 0 Å². The molecule has 114 valence electrons. The molecule has 2 aromatic rings. The summed E-state index contributed by atoms with van der Waals surface area (Å²) in [6, 6.07) is 10.5. The summed E-state index contributed by atoms with van der Waals surface area (Å²) in [6.45, 7) is 6.29. The van der Waals surface area contributed by atoms with E-state index < -0.39 is 4.84 Å². The van der Waals surface area contributed by atoms with Crippen LogP contribution in [0.4, 0.5) is 0 Å². The fourth-order valence-corrected chi connectivity index (χ4v) is 3.39. The van der Waals surface area contributed by atoms with E-state index in [0.29, 0.717) is 5.69 Å². The summed E-state index contributed by atoms with van der Waals surface area (Å²) in [7, 11) is 0. The van der Waals surface area contributed by atoms with E-state index in [1.54, 1.807) is 0 Å². The second-order valence-electron chi connectivity index (χ2n) is 6.33. The summed E-state index contributed by atoms with van der Waals surface area (Å²) < 4.78 is 0. The molecule has 0 amide bonds. The van der Waals surface area contributed by atoms with E-state index >= 15 is 0 Å². The Balaban J connectivity index is 2.14. The Labute approximate surface area is 141 Å². The molecule has 0 N–H and O–H groups in total. The van der Waals surface area contributed by atoms with Crippen molar-refractivity contribution in [1.29, 1.82) is 0 Å². The van der Waals surface area contributed by atoms with Crippen LogP contribution in [0.15, 0.2) is 41.5 Å². The van der Waals surface area contributed by atoms with E-state index in [4.69, 9.17) is 28.2 Å². The molecule has 3 rings (SSSR count). The van der Waals surface area contributed by atoms with E-state index in [-0.39, 0.29) is 5.54 Å². The molecular formula is C18H18Cl2N2. The third-order valence-electron chi connectivity index (χ3n) is 3.91. The third-order valence-corrected chi connectivity index (χ3v) is 4.32. The van der Waals surface area contributed by atoms with E-state index in [0.717, 1.165) is 23.3 Å². The lowest BCUT2D eigenvalue weighted by atomic mass is 9.85. The van der Waals surface area contributed by atoms with Gasteiger partial charge in [-0.3, -0.25) is 9.98 Å². The number of pyridine rings is 1. The molecule has 22 heavy (non-hydrogen) atoms. The first-order valence-corrected chi connectivity index (χ1v) is 8.18. The summed E-state index contributed by atoms with van der Waals surface area (Å²) in [4.78, 5) is 8.78. The van der Waals surface area contributed by atoms with Crippen LogP contribution in [0.5, 0.6) is 0 Å². The Hall–Kier alpha value is -1.38.